The maximum atomic E-state index is 6.62. The summed E-state index contributed by atoms with van der Waals surface area (Å²) < 4.78 is 1.06. The Labute approximate surface area is 121 Å². The van der Waals surface area contributed by atoms with E-state index in [1.807, 2.05) is 12.1 Å². The van der Waals surface area contributed by atoms with E-state index >= 15 is 0 Å². The third kappa shape index (κ3) is 2.93. The van der Waals surface area contributed by atoms with Gasteiger partial charge in [-0.3, -0.25) is 4.98 Å². The first-order valence-electron chi connectivity index (χ1n) is 5.89. The monoisotopic (exact) mass is 323 g/mol. The predicted molar refractivity (Wildman–Crippen MR) is 80.1 cm³/mol. The largest absolute Gasteiger partial charge is 0.265 e. The molecule has 0 N–H and O–H groups in total. The van der Waals surface area contributed by atoms with E-state index in [1.165, 1.54) is 11.1 Å². The molecule has 0 fully saturated rings. The molecule has 0 radical (unpaired) electrons. The molecule has 2 aromatic rings. The zero-order chi connectivity index (χ0) is 13.1. The molecule has 0 amide bonds. The number of hydrogen-bond donors (Lipinski definition) is 0. The summed E-state index contributed by atoms with van der Waals surface area (Å²) in [7, 11) is 0. The molecule has 18 heavy (non-hydrogen) atoms. The lowest BCUT2D eigenvalue weighted by atomic mass is 9.93. The highest BCUT2D eigenvalue weighted by atomic mass is 79.9. The summed E-state index contributed by atoms with van der Waals surface area (Å²) in [5, 5.41) is -0.0540. The molecule has 1 nitrogen and oxygen atoms in total. The van der Waals surface area contributed by atoms with E-state index in [2.05, 4.69) is 53.0 Å². The van der Waals surface area contributed by atoms with E-state index in [4.69, 9.17) is 11.6 Å². The van der Waals surface area contributed by atoms with Crippen LogP contribution in [-0.2, 0) is 0 Å². The average Bonchev–Trinajstić information content (AvgIpc) is 2.41. The molecule has 2 unspecified atom stereocenters. The van der Waals surface area contributed by atoms with Gasteiger partial charge >= 0.3 is 0 Å². The van der Waals surface area contributed by atoms with Gasteiger partial charge in [0.2, 0.25) is 0 Å². The summed E-state index contributed by atoms with van der Waals surface area (Å²) in [4.78, 5) is 4.04. The molecule has 0 aliphatic carbocycles. The molecule has 2 atom stereocenters. The topological polar surface area (TPSA) is 12.9 Å². The van der Waals surface area contributed by atoms with Gasteiger partial charge in [-0.05, 0) is 36.2 Å². The maximum Gasteiger partial charge on any atom is 0.0662 e. The van der Waals surface area contributed by atoms with Crippen LogP contribution in [0, 0.1) is 6.92 Å². The molecule has 1 heterocycles. The molecule has 0 aliphatic rings. The van der Waals surface area contributed by atoms with Gasteiger partial charge in [0.15, 0.2) is 0 Å². The molecule has 0 saturated heterocycles. The van der Waals surface area contributed by atoms with Crippen molar-refractivity contribution in [1.29, 1.82) is 0 Å². The van der Waals surface area contributed by atoms with Crippen molar-refractivity contribution in [3.05, 3.63) is 63.9 Å². The quantitative estimate of drug-likeness (QED) is 0.704. The van der Waals surface area contributed by atoms with Gasteiger partial charge in [-0.15, -0.1) is 11.6 Å². The van der Waals surface area contributed by atoms with E-state index in [0.717, 1.165) is 10.0 Å². The number of rotatable bonds is 3. The number of aromatic nitrogens is 1. The second-order valence-electron chi connectivity index (χ2n) is 4.50. The molecule has 0 saturated carbocycles. The van der Waals surface area contributed by atoms with E-state index in [1.54, 1.807) is 12.4 Å². The minimum atomic E-state index is -0.0540. The average molecular weight is 325 g/mol. The second kappa shape index (κ2) is 5.85. The SMILES string of the molecule is Cc1ccc(Br)c(C(Cl)C(C)c2ccncc2)c1. The van der Waals surface area contributed by atoms with Crippen molar-refractivity contribution in [2.75, 3.05) is 0 Å². The third-order valence-electron chi connectivity index (χ3n) is 3.12. The number of halogens is 2. The molecular formula is C15H15BrClN. The lowest BCUT2D eigenvalue weighted by molar-refractivity contribution is 0.727. The van der Waals surface area contributed by atoms with Crippen LogP contribution in [0.5, 0.6) is 0 Å². The van der Waals surface area contributed by atoms with Crippen LogP contribution < -0.4 is 0 Å². The highest BCUT2D eigenvalue weighted by Crippen LogP contribution is 2.39. The number of nitrogens with zero attached hydrogens (tertiary/aromatic N) is 1. The molecule has 94 valence electrons. The minimum absolute atomic E-state index is 0.0540. The maximum absolute atomic E-state index is 6.62. The summed E-state index contributed by atoms with van der Waals surface area (Å²) in [5.74, 6) is 0.243. The van der Waals surface area contributed by atoms with Crippen LogP contribution in [0.15, 0.2) is 47.2 Å². The van der Waals surface area contributed by atoms with Crippen LogP contribution in [-0.4, -0.2) is 4.98 Å². The van der Waals surface area contributed by atoms with Gasteiger partial charge in [-0.2, -0.15) is 0 Å². The first kappa shape index (κ1) is 13.6. The zero-order valence-corrected chi connectivity index (χ0v) is 12.7. The Bertz CT molecular complexity index is 527. The van der Waals surface area contributed by atoms with Crippen molar-refractivity contribution in [2.24, 2.45) is 0 Å². The lowest BCUT2D eigenvalue weighted by Crippen LogP contribution is -2.03. The summed E-state index contributed by atoms with van der Waals surface area (Å²) in [6.07, 6.45) is 3.61. The third-order valence-corrected chi connectivity index (χ3v) is 4.45. The Hall–Kier alpha value is -0.860. The van der Waals surface area contributed by atoms with E-state index in [-0.39, 0.29) is 11.3 Å². The Morgan fingerprint density at radius 2 is 1.83 bits per heavy atom. The van der Waals surface area contributed by atoms with Gasteiger partial charge in [0, 0.05) is 22.8 Å². The fourth-order valence-corrected chi connectivity index (χ4v) is 2.93. The minimum Gasteiger partial charge on any atom is -0.265 e. The number of benzene rings is 1. The van der Waals surface area contributed by atoms with Crippen LogP contribution in [0.2, 0.25) is 0 Å². The van der Waals surface area contributed by atoms with Gasteiger partial charge in [0.25, 0.3) is 0 Å². The standard InChI is InChI=1S/C15H15BrClN/c1-10-3-4-14(16)13(9-10)15(17)11(2)12-5-7-18-8-6-12/h3-9,11,15H,1-2H3. The van der Waals surface area contributed by atoms with Crippen LogP contribution in [0.1, 0.15) is 34.9 Å². The molecule has 2 rings (SSSR count). The molecule has 0 spiro atoms. The smallest absolute Gasteiger partial charge is 0.0662 e. The number of hydrogen-bond acceptors (Lipinski definition) is 1. The summed E-state index contributed by atoms with van der Waals surface area (Å²) in [5.41, 5.74) is 3.57. The summed E-state index contributed by atoms with van der Waals surface area (Å²) in [6, 6.07) is 10.3. The van der Waals surface area contributed by atoms with Crippen molar-refractivity contribution in [3.8, 4) is 0 Å². The predicted octanol–water partition coefficient (Wildman–Crippen LogP) is 5.24. The molecule has 1 aromatic heterocycles. The zero-order valence-electron chi connectivity index (χ0n) is 10.4. The first-order chi connectivity index (χ1) is 8.59. The molecule has 3 heteroatoms. The second-order valence-corrected chi connectivity index (χ2v) is 5.82. The molecule has 1 aromatic carbocycles. The fourth-order valence-electron chi connectivity index (χ4n) is 1.98. The van der Waals surface area contributed by atoms with Gasteiger partial charge in [0.05, 0.1) is 5.38 Å². The van der Waals surface area contributed by atoms with E-state index < -0.39 is 0 Å². The van der Waals surface area contributed by atoms with Crippen molar-refractivity contribution >= 4 is 27.5 Å². The van der Waals surface area contributed by atoms with E-state index in [9.17, 15) is 0 Å². The Kier molecular flexibility index (Phi) is 4.41. The van der Waals surface area contributed by atoms with Gasteiger partial charge in [0.1, 0.15) is 0 Å². The number of aryl methyl sites for hydroxylation is 1. The van der Waals surface area contributed by atoms with Crippen molar-refractivity contribution in [2.45, 2.75) is 25.1 Å². The van der Waals surface area contributed by atoms with Gasteiger partial charge < -0.3 is 0 Å². The van der Waals surface area contributed by atoms with Crippen molar-refractivity contribution in [3.63, 3.8) is 0 Å². The Balaban J connectivity index is 2.31. The first-order valence-corrected chi connectivity index (χ1v) is 7.12. The summed E-state index contributed by atoms with van der Waals surface area (Å²) >= 11 is 10.2. The van der Waals surface area contributed by atoms with Crippen LogP contribution in [0.25, 0.3) is 0 Å². The Morgan fingerprint density at radius 3 is 2.50 bits per heavy atom. The molecule has 0 aliphatic heterocycles. The summed E-state index contributed by atoms with van der Waals surface area (Å²) in [6.45, 7) is 4.22. The van der Waals surface area contributed by atoms with Crippen LogP contribution in [0.4, 0.5) is 0 Å². The highest BCUT2D eigenvalue weighted by molar-refractivity contribution is 9.10. The normalized spacial score (nSPS) is 14.2. The lowest BCUT2D eigenvalue weighted by Gasteiger charge is -2.20. The van der Waals surface area contributed by atoms with Crippen molar-refractivity contribution in [1.82, 2.24) is 4.98 Å². The van der Waals surface area contributed by atoms with Gasteiger partial charge in [-0.25, -0.2) is 0 Å². The van der Waals surface area contributed by atoms with Gasteiger partial charge in [-0.1, -0.05) is 40.5 Å². The molecule has 0 bridgehead atoms. The molecular weight excluding hydrogens is 310 g/mol. The Morgan fingerprint density at radius 1 is 1.17 bits per heavy atom. The van der Waals surface area contributed by atoms with E-state index in [0.29, 0.717) is 0 Å². The number of pyridine rings is 1. The number of alkyl halides is 1. The van der Waals surface area contributed by atoms with Crippen molar-refractivity contribution < 1.29 is 0 Å². The van der Waals surface area contributed by atoms with Crippen LogP contribution in [0.3, 0.4) is 0 Å². The van der Waals surface area contributed by atoms with Crippen LogP contribution >= 0.6 is 27.5 Å². The fraction of sp³-hybridized carbons (Fsp3) is 0.267. The highest BCUT2D eigenvalue weighted by Gasteiger charge is 2.20.